The van der Waals surface area contributed by atoms with Gasteiger partial charge in [0.2, 0.25) is 5.91 Å². The number of amides is 2. The van der Waals surface area contributed by atoms with Gasteiger partial charge in [0, 0.05) is 37.4 Å². The SMILES string of the molecule is O=C(c1ccc2ccccc2c1)N1CCC2(CC1)SCCN2C(=O)CCc1ccccc1. The number of piperidine rings is 1. The summed E-state index contributed by atoms with van der Waals surface area (Å²) in [5, 5.41) is 2.24. The fourth-order valence-corrected chi connectivity index (χ4v) is 6.44. The highest BCUT2D eigenvalue weighted by molar-refractivity contribution is 8.00. The van der Waals surface area contributed by atoms with Gasteiger partial charge in [0.05, 0.1) is 4.87 Å². The monoisotopic (exact) mass is 444 g/mol. The highest BCUT2D eigenvalue weighted by atomic mass is 32.2. The fraction of sp³-hybridized carbons (Fsp3) is 0.333. The smallest absolute Gasteiger partial charge is 0.253 e. The highest BCUT2D eigenvalue weighted by Crippen LogP contribution is 2.44. The van der Waals surface area contributed by atoms with Crippen molar-refractivity contribution in [3.63, 3.8) is 0 Å². The number of benzene rings is 3. The van der Waals surface area contributed by atoms with Gasteiger partial charge >= 0.3 is 0 Å². The lowest BCUT2D eigenvalue weighted by Gasteiger charge is -2.44. The normalized spacial score (nSPS) is 17.8. The van der Waals surface area contributed by atoms with Gasteiger partial charge in [0.25, 0.3) is 5.91 Å². The van der Waals surface area contributed by atoms with Gasteiger partial charge in [0.1, 0.15) is 0 Å². The van der Waals surface area contributed by atoms with E-state index < -0.39 is 0 Å². The Bertz CT molecular complexity index is 1120. The molecule has 0 atom stereocenters. The molecule has 2 saturated heterocycles. The number of hydrogen-bond acceptors (Lipinski definition) is 3. The molecule has 0 aliphatic carbocycles. The predicted molar refractivity (Wildman–Crippen MR) is 131 cm³/mol. The van der Waals surface area contributed by atoms with Crippen LogP contribution in [0.25, 0.3) is 10.8 Å². The molecule has 5 heteroatoms. The topological polar surface area (TPSA) is 40.6 Å². The Hall–Kier alpha value is -2.79. The van der Waals surface area contributed by atoms with E-state index in [2.05, 4.69) is 23.1 Å². The van der Waals surface area contributed by atoms with E-state index >= 15 is 0 Å². The summed E-state index contributed by atoms with van der Waals surface area (Å²) < 4.78 is 0. The van der Waals surface area contributed by atoms with Crippen molar-refractivity contribution in [2.75, 3.05) is 25.4 Å². The molecule has 3 aromatic rings. The van der Waals surface area contributed by atoms with Crippen molar-refractivity contribution in [3.05, 3.63) is 83.9 Å². The molecule has 2 fully saturated rings. The third-order valence-electron chi connectivity index (χ3n) is 6.78. The van der Waals surface area contributed by atoms with Gasteiger partial charge in [-0.1, -0.05) is 60.7 Å². The number of carbonyl (C=O) groups excluding carboxylic acids is 2. The van der Waals surface area contributed by atoms with Crippen LogP contribution < -0.4 is 0 Å². The van der Waals surface area contributed by atoms with Crippen LogP contribution in [-0.4, -0.2) is 51.9 Å². The lowest BCUT2D eigenvalue weighted by molar-refractivity contribution is -0.134. The van der Waals surface area contributed by atoms with Gasteiger partial charge in [-0.3, -0.25) is 9.59 Å². The molecule has 0 unspecified atom stereocenters. The molecule has 0 aromatic heterocycles. The third kappa shape index (κ3) is 4.14. The quantitative estimate of drug-likeness (QED) is 0.570. The minimum atomic E-state index is -0.145. The Labute approximate surface area is 193 Å². The van der Waals surface area contributed by atoms with Crippen molar-refractivity contribution in [2.24, 2.45) is 0 Å². The molecule has 2 heterocycles. The van der Waals surface area contributed by atoms with Crippen LogP contribution >= 0.6 is 11.8 Å². The van der Waals surface area contributed by atoms with Crippen LogP contribution in [0.15, 0.2) is 72.8 Å². The Morgan fingerprint density at radius 3 is 2.34 bits per heavy atom. The summed E-state index contributed by atoms with van der Waals surface area (Å²) in [6.45, 7) is 2.21. The molecule has 0 radical (unpaired) electrons. The standard InChI is InChI=1S/C27H28N2O2S/c30-25(13-10-21-6-2-1-3-7-21)29-18-19-32-27(29)14-16-28(17-15-27)26(31)24-12-11-22-8-4-5-9-23(22)20-24/h1-9,11-12,20H,10,13-19H2. The van der Waals surface area contributed by atoms with Crippen LogP contribution in [-0.2, 0) is 11.2 Å². The van der Waals surface area contributed by atoms with Crippen molar-refractivity contribution < 1.29 is 9.59 Å². The second-order valence-electron chi connectivity index (χ2n) is 8.68. The average molecular weight is 445 g/mol. The minimum absolute atomic E-state index is 0.0931. The number of nitrogens with zero attached hydrogens (tertiary/aromatic N) is 2. The number of carbonyl (C=O) groups is 2. The van der Waals surface area contributed by atoms with Gasteiger partial charge < -0.3 is 9.80 Å². The maximum atomic E-state index is 13.2. The molecule has 2 aliphatic heterocycles. The third-order valence-corrected chi connectivity index (χ3v) is 8.33. The summed E-state index contributed by atoms with van der Waals surface area (Å²) in [5.74, 6) is 1.32. The Kier molecular flexibility index (Phi) is 5.92. The van der Waals surface area contributed by atoms with E-state index in [4.69, 9.17) is 0 Å². The molecule has 1 spiro atoms. The molecule has 32 heavy (non-hydrogen) atoms. The molecule has 3 aromatic carbocycles. The number of rotatable bonds is 4. The second kappa shape index (κ2) is 8.99. The molecular weight excluding hydrogens is 416 g/mol. The summed E-state index contributed by atoms with van der Waals surface area (Å²) in [4.78, 5) is 30.2. The Morgan fingerprint density at radius 2 is 1.56 bits per heavy atom. The summed E-state index contributed by atoms with van der Waals surface area (Å²) >= 11 is 1.90. The van der Waals surface area contributed by atoms with Crippen LogP contribution in [0, 0.1) is 0 Å². The van der Waals surface area contributed by atoms with Crippen molar-refractivity contribution in [1.29, 1.82) is 0 Å². The van der Waals surface area contributed by atoms with Crippen LogP contribution in [0.1, 0.15) is 35.2 Å². The van der Waals surface area contributed by atoms with Crippen LogP contribution in [0.5, 0.6) is 0 Å². The van der Waals surface area contributed by atoms with E-state index in [9.17, 15) is 9.59 Å². The number of likely N-dealkylation sites (tertiary alicyclic amines) is 1. The van der Waals surface area contributed by atoms with E-state index in [-0.39, 0.29) is 16.7 Å². The van der Waals surface area contributed by atoms with Gasteiger partial charge in [-0.25, -0.2) is 0 Å². The summed E-state index contributed by atoms with van der Waals surface area (Å²) in [5.41, 5.74) is 1.95. The first kappa shape index (κ1) is 21.1. The second-order valence-corrected chi connectivity index (χ2v) is 10.1. The maximum Gasteiger partial charge on any atom is 0.253 e. The van der Waals surface area contributed by atoms with Crippen molar-refractivity contribution in [2.45, 2.75) is 30.6 Å². The van der Waals surface area contributed by atoms with Crippen molar-refractivity contribution in [1.82, 2.24) is 9.80 Å². The van der Waals surface area contributed by atoms with Crippen molar-refractivity contribution in [3.8, 4) is 0 Å². The van der Waals surface area contributed by atoms with E-state index in [1.807, 2.05) is 71.3 Å². The molecule has 164 valence electrons. The van der Waals surface area contributed by atoms with E-state index in [0.717, 1.165) is 47.9 Å². The molecule has 0 saturated carbocycles. The van der Waals surface area contributed by atoms with E-state index in [1.165, 1.54) is 5.56 Å². The molecule has 4 nitrogen and oxygen atoms in total. The number of fused-ring (bicyclic) bond motifs is 1. The van der Waals surface area contributed by atoms with Gasteiger partial charge in [-0.15, -0.1) is 11.8 Å². The highest BCUT2D eigenvalue weighted by Gasteiger charge is 2.46. The first-order valence-corrected chi connectivity index (χ1v) is 12.4. The van der Waals surface area contributed by atoms with Crippen molar-refractivity contribution >= 4 is 34.3 Å². The number of thioether (sulfide) groups is 1. The largest absolute Gasteiger partial charge is 0.338 e. The number of hydrogen-bond donors (Lipinski definition) is 0. The van der Waals surface area contributed by atoms with Crippen LogP contribution in [0.3, 0.4) is 0 Å². The van der Waals surface area contributed by atoms with Gasteiger partial charge in [-0.2, -0.15) is 0 Å². The lowest BCUT2D eigenvalue weighted by Crippen LogP contribution is -2.53. The molecule has 0 bridgehead atoms. The van der Waals surface area contributed by atoms with Crippen LogP contribution in [0.4, 0.5) is 0 Å². The molecule has 2 amide bonds. The zero-order valence-corrected chi connectivity index (χ0v) is 19.0. The van der Waals surface area contributed by atoms with E-state index in [0.29, 0.717) is 19.5 Å². The average Bonchev–Trinajstić information content (AvgIpc) is 3.26. The minimum Gasteiger partial charge on any atom is -0.338 e. The number of aryl methyl sites for hydroxylation is 1. The zero-order valence-electron chi connectivity index (χ0n) is 18.2. The van der Waals surface area contributed by atoms with Gasteiger partial charge in [-0.05, 0) is 47.7 Å². The molecular formula is C27H28N2O2S. The first-order chi connectivity index (χ1) is 15.6. The van der Waals surface area contributed by atoms with E-state index in [1.54, 1.807) is 0 Å². The van der Waals surface area contributed by atoms with Crippen LogP contribution in [0.2, 0.25) is 0 Å². The first-order valence-electron chi connectivity index (χ1n) is 11.4. The fourth-order valence-electron chi connectivity index (χ4n) is 4.97. The maximum absolute atomic E-state index is 13.2. The molecule has 0 N–H and O–H groups in total. The Balaban J connectivity index is 1.23. The summed E-state index contributed by atoms with van der Waals surface area (Å²) in [6.07, 6.45) is 3.01. The summed E-state index contributed by atoms with van der Waals surface area (Å²) in [7, 11) is 0. The predicted octanol–water partition coefficient (Wildman–Crippen LogP) is 4.98. The van der Waals surface area contributed by atoms with Gasteiger partial charge in [0.15, 0.2) is 0 Å². The molecule has 5 rings (SSSR count). The Morgan fingerprint density at radius 1 is 0.844 bits per heavy atom. The lowest BCUT2D eigenvalue weighted by atomic mass is 9.99. The summed E-state index contributed by atoms with van der Waals surface area (Å²) in [6, 6.07) is 24.3. The zero-order chi connectivity index (χ0) is 22.0. The molecule has 2 aliphatic rings.